The molecule has 142 valence electrons. The first kappa shape index (κ1) is 18.0. The Morgan fingerprint density at radius 1 is 1.22 bits per heavy atom. The molecule has 0 amide bonds. The molecule has 1 atom stereocenters. The van der Waals surface area contributed by atoms with Crippen LogP contribution in [0.4, 0.5) is 4.39 Å². The maximum absolute atomic E-state index is 14.4. The van der Waals surface area contributed by atoms with Crippen LogP contribution in [0, 0.1) is 11.2 Å². The van der Waals surface area contributed by atoms with Crippen molar-refractivity contribution in [3.63, 3.8) is 0 Å². The molecule has 2 aliphatic rings. The second-order valence-electron chi connectivity index (χ2n) is 8.26. The van der Waals surface area contributed by atoms with Crippen LogP contribution in [0.1, 0.15) is 43.5 Å². The van der Waals surface area contributed by atoms with Crippen LogP contribution in [-0.4, -0.2) is 19.6 Å². The van der Waals surface area contributed by atoms with E-state index in [4.69, 9.17) is 9.47 Å². The minimum atomic E-state index is -0.659. The van der Waals surface area contributed by atoms with Crippen molar-refractivity contribution in [2.24, 2.45) is 5.41 Å². The molecule has 1 aliphatic heterocycles. The topological polar surface area (TPSA) is 47.6 Å². The van der Waals surface area contributed by atoms with Crippen molar-refractivity contribution >= 4 is 5.97 Å². The fourth-order valence-corrected chi connectivity index (χ4v) is 3.95. The molecule has 2 aromatic rings. The predicted octanol–water partition coefficient (Wildman–Crippen LogP) is 4.20. The Bertz CT molecular complexity index is 930. The van der Waals surface area contributed by atoms with Gasteiger partial charge in [0.1, 0.15) is 5.82 Å². The Morgan fingerprint density at radius 2 is 2.00 bits per heavy atom. The third kappa shape index (κ3) is 3.00. The number of methoxy groups -OCH3 is 1. The lowest BCUT2D eigenvalue weighted by Crippen LogP contribution is -2.34. The van der Waals surface area contributed by atoms with Crippen molar-refractivity contribution in [1.82, 2.24) is 5.32 Å². The summed E-state index contributed by atoms with van der Waals surface area (Å²) in [5.41, 5.74) is 4.05. The standard InChI is InChI=1S/C22H24FNO3/c1-22(2,3)21(25)27-20-17(26-4)6-5-12-10-16-18-13(7-8-24-16)9-14(23)11-15(18)19(12)20/h5-6,9,11,16,24H,7-8,10H2,1-4H3/t16-/m1/s1. The van der Waals surface area contributed by atoms with Crippen LogP contribution < -0.4 is 14.8 Å². The lowest BCUT2D eigenvalue weighted by atomic mass is 9.77. The third-order valence-electron chi connectivity index (χ3n) is 5.29. The number of halogens is 1. The molecule has 1 N–H and O–H groups in total. The second kappa shape index (κ2) is 6.34. The van der Waals surface area contributed by atoms with Crippen LogP contribution in [0.15, 0.2) is 24.3 Å². The highest BCUT2D eigenvalue weighted by molar-refractivity contribution is 5.87. The van der Waals surface area contributed by atoms with E-state index in [1.807, 2.05) is 12.1 Å². The molecule has 4 nitrogen and oxygen atoms in total. The van der Waals surface area contributed by atoms with E-state index in [0.29, 0.717) is 11.5 Å². The number of hydrogen-bond donors (Lipinski definition) is 1. The quantitative estimate of drug-likeness (QED) is 0.637. The van der Waals surface area contributed by atoms with Gasteiger partial charge < -0.3 is 14.8 Å². The van der Waals surface area contributed by atoms with E-state index in [9.17, 15) is 9.18 Å². The van der Waals surface area contributed by atoms with E-state index in [1.54, 1.807) is 40.0 Å². The Labute approximate surface area is 158 Å². The van der Waals surface area contributed by atoms with Crippen molar-refractivity contribution in [1.29, 1.82) is 0 Å². The highest BCUT2D eigenvalue weighted by Crippen LogP contribution is 2.49. The predicted molar refractivity (Wildman–Crippen MR) is 102 cm³/mol. The number of ether oxygens (including phenoxy) is 2. The number of nitrogens with one attached hydrogen (secondary N) is 1. The number of fused-ring (bicyclic) bond motifs is 2. The monoisotopic (exact) mass is 369 g/mol. The highest BCUT2D eigenvalue weighted by Gasteiger charge is 2.34. The highest BCUT2D eigenvalue weighted by atomic mass is 19.1. The molecule has 0 spiro atoms. The number of rotatable bonds is 2. The lowest BCUT2D eigenvalue weighted by molar-refractivity contribution is -0.143. The van der Waals surface area contributed by atoms with Gasteiger partial charge in [0.15, 0.2) is 11.5 Å². The summed E-state index contributed by atoms with van der Waals surface area (Å²) in [6, 6.07) is 7.12. The zero-order valence-corrected chi connectivity index (χ0v) is 16.1. The van der Waals surface area contributed by atoms with Crippen molar-refractivity contribution in [2.45, 2.75) is 39.7 Å². The van der Waals surface area contributed by atoms with Crippen LogP contribution in [0.2, 0.25) is 0 Å². The Morgan fingerprint density at radius 3 is 2.70 bits per heavy atom. The number of carbonyl (C=O) groups excluding carboxylic acids is 1. The molecule has 0 aromatic heterocycles. The zero-order chi connectivity index (χ0) is 19.3. The molecule has 0 fully saturated rings. The summed E-state index contributed by atoms with van der Waals surface area (Å²) < 4.78 is 25.7. The zero-order valence-electron chi connectivity index (χ0n) is 16.1. The van der Waals surface area contributed by atoms with Crippen LogP contribution in [0.5, 0.6) is 11.5 Å². The summed E-state index contributed by atoms with van der Waals surface area (Å²) in [7, 11) is 1.55. The number of esters is 1. The molecule has 0 saturated heterocycles. The first-order valence-corrected chi connectivity index (χ1v) is 9.28. The van der Waals surface area contributed by atoms with Gasteiger partial charge in [0, 0.05) is 11.6 Å². The van der Waals surface area contributed by atoms with Crippen LogP contribution in [-0.2, 0) is 17.6 Å². The fraction of sp³-hybridized carbons (Fsp3) is 0.409. The minimum Gasteiger partial charge on any atom is -0.493 e. The number of hydrogen-bond acceptors (Lipinski definition) is 4. The van der Waals surface area contributed by atoms with Crippen molar-refractivity contribution in [2.75, 3.05) is 13.7 Å². The maximum atomic E-state index is 14.4. The second-order valence-corrected chi connectivity index (χ2v) is 8.26. The van der Waals surface area contributed by atoms with Crippen LogP contribution in [0.3, 0.4) is 0 Å². The van der Waals surface area contributed by atoms with E-state index in [0.717, 1.165) is 47.2 Å². The molecular weight excluding hydrogens is 345 g/mol. The van der Waals surface area contributed by atoms with E-state index in [-0.39, 0.29) is 17.8 Å². The molecule has 0 radical (unpaired) electrons. The maximum Gasteiger partial charge on any atom is 0.316 e. The van der Waals surface area contributed by atoms with E-state index >= 15 is 0 Å². The summed E-state index contributed by atoms with van der Waals surface area (Å²) in [6.45, 7) is 6.25. The minimum absolute atomic E-state index is 0.149. The third-order valence-corrected chi connectivity index (χ3v) is 5.29. The van der Waals surface area contributed by atoms with Crippen molar-refractivity contribution < 1.29 is 18.7 Å². The number of carbonyl (C=O) groups is 1. The molecule has 0 unspecified atom stereocenters. The summed E-state index contributed by atoms with van der Waals surface area (Å²) in [5, 5.41) is 3.53. The van der Waals surface area contributed by atoms with Crippen LogP contribution in [0.25, 0.3) is 11.1 Å². The Kier molecular flexibility index (Phi) is 4.22. The smallest absolute Gasteiger partial charge is 0.316 e. The van der Waals surface area contributed by atoms with Crippen molar-refractivity contribution in [3.8, 4) is 22.6 Å². The van der Waals surface area contributed by atoms with Gasteiger partial charge in [-0.15, -0.1) is 0 Å². The van der Waals surface area contributed by atoms with Gasteiger partial charge in [-0.05, 0) is 80.6 Å². The summed E-state index contributed by atoms with van der Waals surface area (Å²) in [4.78, 5) is 12.6. The van der Waals surface area contributed by atoms with Gasteiger partial charge in [-0.2, -0.15) is 0 Å². The molecule has 0 bridgehead atoms. The molecule has 1 heterocycles. The Hall–Kier alpha value is -2.40. The molecule has 1 aliphatic carbocycles. The molecule has 0 saturated carbocycles. The van der Waals surface area contributed by atoms with E-state index < -0.39 is 5.41 Å². The van der Waals surface area contributed by atoms with Gasteiger partial charge in [-0.1, -0.05) is 6.07 Å². The van der Waals surface area contributed by atoms with Crippen molar-refractivity contribution in [3.05, 3.63) is 46.8 Å². The van der Waals surface area contributed by atoms with Gasteiger partial charge in [0.05, 0.1) is 12.5 Å². The SMILES string of the molecule is COc1ccc2c(c1OC(=O)C(C)(C)C)-c1cc(F)cc3c1[C@@H](C2)NCC3. The average molecular weight is 369 g/mol. The van der Waals surface area contributed by atoms with Gasteiger partial charge in [-0.25, -0.2) is 4.39 Å². The molecule has 27 heavy (non-hydrogen) atoms. The van der Waals surface area contributed by atoms with Gasteiger partial charge in [0.25, 0.3) is 0 Å². The van der Waals surface area contributed by atoms with Crippen LogP contribution >= 0.6 is 0 Å². The van der Waals surface area contributed by atoms with Gasteiger partial charge >= 0.3 is 5.97 Å². The Balaban J connectivity index is 1.95. The van der Waals surface area contributed by atoms with Gasteiger partial charge in [-0.3, -0.25) is 4.79 Å². The molecule has 5 heteroatoms. The van der Waals surface area contributed by atoms with Gasteiger partial charge in [0.2, 0.25) is 0 Å². The van der Waals surface area contributed by atoms with E-state index in [1.165, 1.54) is 0 Å². The fourth-order valence-electron chi connectivity index (χ4n) is 3.95. The molecule has 4 rings (SSSR count). The summed E-state index contributed by atoms with van der Waals surface area (Å²) >= 11 is 0. The number of benzene rings is 2. The largest absolute Gasteiger partial charge is 0.493 e. The molecule has 2 aromatic carbocycles. The normalized spacial score (nSPS) is 17.7. The summed E-state index contributed by atoms with van der Waals surface area (Å²) in [5.74, 6) is 0.242. The lowest BCUT2D eigenvalue weighted by Gasteiger charge is -2.35. The first-order valence-electron chi connectivity index (χ1n) is 9.28. The summed E-state index contributed by atoms with van der Waals surface area (Å²) in [6.07, 6.45) is 1.55. The first-order chi connectivity index (χ1) is 12.8. The molecular formula is C22H24FNO3. The van der Waals surface area contributed by atoms with E-state index in [2.05, 4.69) is 5.32 Å². The average Bonchev–Trinajstić information content (AvgIpc) is 2.60.